The molecule has 0 aromatic carbocycles. The molecule has 1 saturated heterocycles. The maximum Gasteiger partial charge on any atom is 0.391 e. The molecule has 0 radical (unpaired) electrons. The highest BCUT2D eigenvalue weighted by Gasteiger charge is 2.41. The molecule has 18 heavy (non-hydrogen) atoms. The Hall–Kier alpha value is -0.290. The summed E-state index contributed by atoms with van der Waals surface area (Å²) in [7, 11) is 1.92. The molecule has 0 aliphatic carbocycles. The van der Waals surface area contributed by atoms with Crippen LogP contribution in [0.5, 0.6) is 0 Å². The van der Waals surface area contributed by atoms with E-state index < -0.39 is 12.1 Å². The van der Waals surface area contributed by atoms with Crippen LogP contribution in [0.25, 0.3) is 0 Å². The minimum atomic E-state index is -4.01. The van der Waals surface area contributed by atoms with E-state index in [-0.39, 0.29) is 18.3 Å². The molecule has 1 N–H and O–H groups in total. The van der Waals surface area contributed by atoms with Crippen LogP contribution < -0.4 is 5.32 Å². The van der Waals surface area contributed by atoms with Crippen LogP contribution >= 0.6 is 0 Å². The number of nitrogens with one attached hydrogen (secondary N) is 1. The molecule has 1 aliphatic heterocycles. The Bertz CT molecular complexity index is 255. The normalized spacial score (nSPS) is 22.2. The summed E-state index contributed by atoms with van der Waals surface area (Å²) in [5.74, 6) is -1.10. The van der Waals surface area contributed by atoms with Crippen molar-refractivity contribution in [2.45, 2.75) is 45.8 Å². The van der Waals surface area contributed by atoms with Crippen molar-refractivity contribution in [2.24, 2.45) is 11.3 Å². The van der Waals surface area contributed by atoms with Crippen LogP contribution in [0.2, 0.25) is 0 Å². The molecular formula is C13H25F3N2. The fourth-order valence-electron chi connectivity index (χ4n) is 2.52. The first-order valence-corrected chi connectivity index (χ1v) is 6.63. The van der Waals surface area contributed by atoms with Crippen molar-refractivity contribution in [3.8, 4) is 0 Å². The van der Waals surface area contributed by atoms with Gasteiger partial charge in [-0.2, -0.15) is 13.2 Å². The van der Waals surface area contributed by atoms with Gasteiger partial charge in [-0.25, -0.2) is 0 Å². The van der Waals surface area contributed by atoms with Gasteiger partial charge in [0.2, 0.25) is 0 Å². The Labute approximate surface area is 108 Å². The fraction of sp³-hybridized carbons (Fsp3) is 1.00. The average Bonchev–Trinajstić information content (AvgIpc) is 2.26. The molecule has 1 atom stereocenters. The van der Waals surface area contributed by atoms with Crippen molar-refractivity contribution in [1.82, 2.24) is 10.2 Å². The number of halogens is 3. The number of alkyl halides is 3. The predicted molar refractivity (Wildman–Crippen MR) is 67.5 cm³/mol. The monoisotopic (exact) mass is 266 g/mol. The van der Waals surface area contributed by atoms with Crippen molar-refractivity contribution in [3.05, 3.63) is 0 Å². The summed E-state index contributed by atoms with van der Waals surface area (Å²) < 4.78 is 37.7. The van der Waals surface area contributed by atoms with Gasteiger partial charge in [0, 0.05) is 12.6 Å². The Balaban J connectivity index is 2.45. The molecule has 1 unspecified atom stereocenters. The number of piperidine rings is 1. The third-order valence-electron chi connectivity index (χ3n) is 4.29. The molecule has 0 aromatic heterocycles. The van der Waals surface area contributed by atoms with Gasteiger partial charge in [0.1, 0.15) is 0 Å². The van der Waals surface area contributed by atoms with E-state index in [1.54, 1.807) is 0 Å². The molecule has 1 aliphatic rings. The predicted octanol–water partition coefficient (Wildman–Crippen LogP) is 2.89. The van der Waals surface area contributed by atoms with E-state index >= 15 is 0 Å². The molecule has 0 spiro atoms. The summed E-state index contributed by atoms with van der Waals surface area (Å²) in [6.45, 7) is 8.39. The van der Waals surface area contributed by atoms with Gasteiger partial charge in [-0.05, 0) is 45.3 Å². The molecule has 108 valence electrons. The number of rotatable bonds is 4. The minimum absolute atomic E-state index is 0.0693. The van der Waals surface area contributed by atoms with E-state index in [2.05, 4.69) is 31.0 Å². The molecule has 0 saturated carbocycles. The lowest BCUT2D eigenvalue weighted by atomic mass is 9.84. The van der Waals surface area contributed by atoms with Crippen LogP contribution in [0.1, 0.15) is 33.6 Å². The van der Waals surface area contributed by atoms with Crippen molar-refractivity contribution in [1.29, 1.82) is 0 Å². The van der Waals surface area contributed by atoms with Crippen molar-refractivity contribution < 1.29 is 13.2 Å². The standard InChI is InChI=1S/C13H25F3N2/c1-10(17-4)12(2,3)9-18-7-5-11(6-8-18)13(14,15)16/h10-11,17H,5-9H2,1-4H3. The van der Waals surface area contributed by atoms with E-state index in [4.69, 9.17) is 0 Å². The molecule has 5 heteroatoms. The lowest BCUT2D eigenvalue weighted by Crippen LogP contribution is -2.48. The van der Waals surface area contributed by atoms with Crippen LogP contribution in [-0.2, 0) is 0 Å². The highest BCUT2D eigenvalue weighted by atomic mass is 19.4. The first-order valence-electron chi connectivity index (χ1n) is 6.63. The second-order valence-electron chi connectivity index (χ2n) is 6.09. The smallest absolute Gasteiger partial charge is 0.317 e. The van der Waals surface area contributed by atoms with Gasteiger partial charge in [0.05, 0.1) is 5.92 Å². The molecule has 1 heterocycles. The van der Waals surface area contributed by atoms with Gasteiger partial charge < -0.3 is 10.2 Å². The molecule has 2 nitrogen and oxygen atoms in total. The Morgan fingerprint density at radius 3 is 2.11 bits per heavy atom. The summed E-state index contributed by atoms with van der Waals surface area (Å²) in [5.41, 5.74) is 0.0693. The first-order chi connectivity index (χ1) is 8.16. The summed E-state index contributed by atoms with van der Waals surface area (Å²) in [5, 5.41) is 3.22. The van der Waals surface area contributed by atoms with Crippen molar-refractivity contribution >= 4 is 0 Å². The third kappa shape index (κ3) is 4.12. The van der Waals surface area contributed by atoms with E-state index in [1.807, 2.05) is 7.05 Å². The number of nitrogens with zero attached hydrogens (tertiary/aromatic N) is 1. The summed E-state index contributed by atoms with van der Waals surface area (Å²) >= 11 is 0. The maximum absolute atomic E-state index is 12.6. The lowest BCUT2D eigenvalue weighted by Gasteiger charge is -2.40. The Morgan fingerprint density at radius 2 is 1.72 bits per heavy atom. The zero-order valence-electron chi connectivity index (χ0n) is 11.8. The van der Waals surface area contributed by atoms with Crippen molar-refractivity contribution in [3.63, 3.8) is 0 Å². The topological polar surface area (TPSA) is 15.3 Å². The molecule has 0 bridgehead atoms. The van der Waals surface area contributed by atoms with E-state index in [0.717, 1.165) is 6.54 Å². The fourth-order valence-corrected chi connectivity index (χ4v) is 2.52. The number of hydrogen-bond donors (Lipinski definition) is 1. The summed E-state index contributed by atoms with van der Waals surface area (Å²) in [6, 6.07) is 0.345. The average molecular weight is 266 g/mol. The van der Waals surface area contributed by atoms with Crippen molar-refractivity contribution in [2.75, 3.05) is 26.7 Å². The minimum Gasteiger partial charge on any atom is -0.317 e. The van der Waals surface area contributed by atoms with Crippen LogP contribution in [0, 0.1) is 11.3 Å². The molecule has 0 amide bonds. The van der Waals surface area contributed by atoms with Gasteiger partial charge in [-0.1, -0.05) is 13.8 Å². The largest absolute Gasteiger partial charge is 0.391 e. The third-order valence-corrected chi connectivity index (χ3v) is 4.29. The van der Waals surface area contributed by atoms with Crippen LogP contribution in [0.3, 0.4) is 0 Å². The Kier molecular flexibility index (Phi) is 5.06. The van der Waals surface area contributed by atoms with Gasteiger partial charge in [0.15, 0.2) is 0 Å². The maximum atomic E-state index is 12.6. The highest BCUT2D eigenvalue weighted by Crippen LogP contribution is 2.35. The number of hydrogen-bond acceptors (Lipinski definition) is 2. The molecule has 0 aromatic rings. The highest BCUT2D eigenvalue weighted by molar-refractivity contribution is 4.85. The summed E-state index contributed by atoms with van der Waals surface area (Å²) in [6.07, 6.45) is -3.53. The SMILES string of the molecule is CNC(C)C(C)(C)CN1CCC(C(F)(F)F)CC1. The van der Waals surface area contributed by atoms with E-state index in [9.17, 15) is 13.2 Å². The zero-order valence-corrected chi connectivity index (χ0v) is 11.8. The summed E-state index contributed by atoms with van der Waals surface area (Å²) in [4.78, 5) is 2.16. The van der Waals surface area contributed by atoms with Crippen LogP contribution in [-0.4, -0.2) is 43.8 Å². The second-order valence-corrected chi connectivity index (χ2v) is 6.09. The van der Waals surface area contributed by atoms with Crippen LogP contribution in [0.15, 0.2) is 0 Å². The molecular weight excluding hydrogens is 241 g/mol. The van der Waals surface area contributed by atoms with Gasteiger partial charge in [-0.3, -0.25) is 0 Å². The first kappa shape index (κ1) is 15.8. The number of likely N-dealkylation sites (tertiary alicyclic amines) is 1. The van der Waals surface area contributed by atoms with E-state index in [0.29, 0.717) is 19.1 Å². The van der Waals surface area contributed by atoms with Crippen LogP contribution in [0.4, 0.5) is 13.2 Å². The van der Waals surface area contributed by atoms with Gasteiger partial charge in [-0.15, -0.1) is 0 Å². The Morgan fingerprint density at radius 1 is 1.22 bits per heavy atom. The van der Waals surface area contributed by atoms with Gasteiger partial charge in [0.25, 0.3) is 0 Å². The zero-order chi connectivity index (χ0) is 14.0. The molecule has 1 rings (SSSR count). The van der Waals surface area contributed by atoms with E-state index in [1.165, 1.54) is 0 Å². The lowest BCUT2D eigenvalue weighted by molar-refractivity contribution is -0.185. The molecule has 1 fully saturated rings. The second kappa shape index (κ2) is 5.78. The van der Waals surface area contributed by atoms with Gasteiger partial charge >= 0.3 is 6.18 Å². The quantitative estimate of drug-likeness (QED) is 0.841.